The number of ether oxygens (including phenoxy) is 1. The molecule has 1 heterocycles. The molecule has 9 rings (SSSR count). The smallest absolute Gasteiger partial charge is 0.0762 e. The van der Waals surface area contributed by atoms with Gasteiger partial charge in [-0.2, -0.15) is 0 Å². The first kappa shape index (κ1) is 41.0. The molecule has 1 aromatic heterocycles. The molecule has 4 aliphatic carbocycles. The third-order valence-electron chi connectivity index (χ3n) is 16.4. The van der Waals surface area contributed by atoms with E-state index < -0.39 is 8.07 Å². The van der Waals surface area contributed by atoms with Gasteiger partial charge in [0.1, 0.15) is 0 Å². The van der Waals surface area contributed by atoms with E-state index >= 15 is 0 Å². The number of nitrogens with zero attached hydrogens (tertiary/aromatic N) is 1. The van der Waals surface area contributed by atoms with E-state index in [0.29, 0.717) is 11.1 Å². The zero-order chi connectivity index (χ0) is 42.1. The van der Waals surface area contributed by atoms with Crippen LogP contribution in [0.2, 0.25) is 12.6 Å². The van der Waals surface area contributed by atoms with Gasteiger partial charge in [-0.3, -0.25) is 0 Å². The molecule has 2 unspecified atom stereocenters. The lowest BCUT2D eigenvalue weighted by Crippen LogP contribution is -2.45. The molecule has 0 N–H and O–H groups in total. The maximum absolute atomic E-state index is 6.20. The SMILES string of the molecule is Cn1c2c(c3ccccc31)C([Si](C)(CCCCCCOC(C)(C)C)C1c3cc4c(cc3-c3cc5c(cc31)C(C)(C)CCC5(C)C)C(C)(C)CCC4(C)C)c1ccccc1-2. The lowest BCUT2D eigenvalue weighted by Gasteiger charge is -2.45. The number of hydrogen-bond acceptors (Lipinski definition) is 1. The Labute approximate surface area is 358 Å². The van der Waals surface area contributed by atoms with Crippen LogP contribution in [-0.2, 0) is 33.4 Å². The van der Waals surface area contributed by atoms with Crippen LogP contribution in [0.3, 0.4) is 0 Å². The second kappa shape index (κ2) is 13.8. The molecule has 5 aromatic rings. The third kappa shape index (κ3) is 6.49. The molecule has 0 spiro atoms. The van der Waals surface area contributed by atoms with Gasteiger partial charge in [-0.05, 0) is 136 Å². The minimum absolute atomic E-state index is 0.0767. The highest BCUT2D eigenvalue weighted by Gasteiger charge is 2.55. The maximum atomic E-state index is 6.20. The topological polar surface area (TPSA) is 14.2 Å². The second-order valence-corrected chi connectivity index (χ2v) is 28.1. The molecule has 59 heavy (non-hydrogen) atoms. The highest BCUT2D eigenvalue weighted by Crippen LogP contribution is 2.63. The van der Waals surface area contributed by atoms with E-state index in [2.05, 4.69) is 167 Å². The van der Waals surface area contributed by atoms with Crippen molar-refractivity contribution in [2.45, 2.75) is 178 Å². The van der Waals surface area contributed by atoms with Crippen molar-refractivity contribution < 1.29 is 4.74 Å². The predicted molar refractivity (Wildman–Crippen MR) is 255 cm³/mol. The Hall–Kier alpha value is -3.40. The van der Waals surface area contributed by atoms with Gasteiger partial charge in [-0.1, -0.05) is 154 Å². The van der Waals surface area contributed by atoms with Gasteiger partial charge in [0.05, 0.1) is 19.4 Å². The van der Waals surface area contributed by atoms with Crippen LogP contribution < -0.4 is 0 Å². The monoisotopic (exact) mass is 804 g/mol. The molecular weight excluding hydrogens is 731 g/mol. The van der Waals surface area contributed by atoms with Gasteiger partial charge in [0, 0.05) is 41.2 Å². The van der Waals surface area contributed by atoms with Gasteiger partial charge in [-0.25, -0.2) is 0 Å². The van der Waals surface area contributed by atoms with Gasteiger partial charge >= 0.3 is 0 Å². The highest BCUT2D eigenvalue weighted by atomic mass is 28.3. The molecule has 2 nitrogen and oxygen atoms in total. The van der Waals surface area contributed by atoms with Crippen LogP contribution in [0, 0.1) is 0 Å². The van der Waals surface area contributed by atoms with Crippen molar-refractivity contribution in [2.75, 3.05) is 6.61 Å². The number of hydrogen-bond donors (Lipinski definition) is 0. The summed E-state index contributed by atoms with van der Waals surface area (Å²) in [6, 6.07) is 31.3. The minimum atomic E-state index is -2.39. The van der Waals surface area contributed by atoms with Crippen LogP contribution in [-0.4, -0.2) is 24.8 Å². The number of para-hydroxylation sites is 1. The molecule has 0 saturated heterocycles. The lowest BCUT2D eigenvalue weighted by atomic mass is 9.62. The molecule has 2 atom stereocenters. The van der Waals surface area contributed by atoms with E-state index in [-0.39, 0.29) is 27.3 Å². The van der Waals surface area contributed by atoms with Gasteiger partial charge in [-0.15, -0.1) is 0 Å². The van der Waals surface area contributed by atoms with Gasteiger partial charge < -0.3 is 9.30 Å². The van der Waals surface area contributed by atoms with Crippen molar-refractivity contribution in [2.24, 2.45) is 7.05 Å². The molecule has 0 fully saturated rings. The van der Waals surface area contributed by atoms with Crippen molar-refractivity contribution in [3.63, 3.8) is 0 Å². The summed E-state index contributed by atoms with van der Waals surface area (Å²) in [7, 11) is -0.0650. The fraction of sp³-hybridized carbons (Fsp3) is 0.536. The lowest BCUT2D eigenvalue weighted by molar-refractivity contribution is -0.00471. The van der Waals surface area contributed by atoms with Crippen LogP contribution >= 0.6 is 0 Å². The molecule has 312 valence electrons. The Kier molecular flexibility index (Phi) is 9.59. The van der Waals surface area contributed by atoms with E-state index in [1.165, 1.54) is 73.2 Å². The summed E-state index contributed by atoms with van der Waals surface area (Å²) in [6.45, 7) is 30.5. The molecule has 0 radical (unpaired) electrons. The Morgan fingerprint density at radius 1 is 0.593 bits per heavy atom. The number of rotatable bonds is 9. The van der Waals surface area contributed by atoms with E-state index in [4.69, 9.17) is 4.74 Å². The van der Waals surface area contributed by atoms with Crippen molar-refractivity contribution in [1.29, 1.82) is 0 Å². The van der Waals surface area contributed by atoms with Gasteiger partial charge in [0.25, 0.3) is 0 Å². The Balaban J connectivity index is 1.30. The number of aryl methyl sites for hydroxylation is 1. The van der Waals surface area contributed by atoms with E-state index in [0.717, 1.165) is 13.0 Å². The molecule has 0 aliphatic heterocycles. The number of aromatic nitrogens is 1. The first-order valence-electron chi connectivity index (χ1n) is 23.4. The zero-order valence-corrected chi connectivity index (χ0v) is 40.0. The van der Waals surface area contributed by atoms with Crippen molar-refractivity contribution in [1.82, 2.24) is 4.57 Å². The molecule has 4 aromatic carbocycles. The Morgan fingerprint density at radius 3 is 1.64 bits per heavy atom. The van der Waals surface area contributed by atoms with Gasteiger partial charge in [0.2, 0.25) is 0 Å². The highest BCUT2D eigenvalue weighted by molar-refractivity contribution is 6.83. The van der Waals surface area contributed by atoms with Crippen molar-refractivity contribution in [3.8, 4) is 22.4 Å². The molecule has 3 heteroatoms. The van der Waals surface area contributed by atoms with Crippen LogP contribution in [0.5, 0.6) is 0 Å². The average molecular weight is 804 g/mol. The second-order valence-electron chi connectivity index (χ2n) is 23.4. The van der Waals surface area contributed by atoms with Crippen molar-refractivity contribution in [3.05, 3.63) is 117 Å². The van der Waals surface area contributed by atoms with E-state index in [9.17, 15) is 0 Å². The molecule has 0 amide bonds. The van der Waals surface area contributed by atoms with Crippen LogP contribution in [0.25, 0.3) is 33.3 Å². The Morgan fingerprint density at radius 2 is 1.08 bits per heavy atom. The molecule has 0 saturated carbocycles. The van der Waals surface area contributed by atoms with Crippen molar-refractivity contribution >= 4 is 19.0 Å². The third-order valence-corrected chi connectivity index (χ3v) is 21.7. The Bertz CT molecular complexity index is 2380. The van der Waals surface area contributed by atoms with Crippen LogP contribution in [0.1, 0.15) is 183 Å². The molecule has 0 bridgehead atoms. The normalized spacial score (nSPS) is 21.6. The molecule has 4 aliphatic rings. The number of benzene rings is 4. The van der Waals surface area contributed by atoms with E-state index in [1.54, 1.807) is 55.6 Å². The standard InChI is InChI=1S/C56H73NOSi/c1-52(2,3)58-30-20-14-15-21-31-59(13,51-37-23-17-16-22-36(37)49-48(51)38-24-18-19-25-47(38)57(49)12)50-41-34-45-43(53(4,5)26-28-55(45,8)9)32-39(41)40-33-44-46(35-42(40)50)56(10,11)29-27-54(44,6)7/h16-19,22-25,32-35,50-51H,14-15,20-21,26-31H2,1-13H3. The van der Waals surface area contributed by atoms with Crippen LogP contribution in [0.4, 0.5) is 0 Å². The average Bonchev–Trinajstić information content (AvgIpc) is 3.79. The summed E-state index contributed by atoms with van der Waals surface area (Å²) >= 11 is 0. The summed E-state index contributed by atoms with van der Waals surface area (Å²) in [5, 5.41) is 1.46. The largest absolute Gasteiger partial charge is 0.376 e. The number of fused-ring (bicyclic) bond motifs is 10. The first-order chi connectivity index (χ1) is 27.7. The summed E-state index contributed by atoms with van der Waals surface area (Å²) in [6.07, 6.45) is 9.85. The van der Waals surface area contributed by atoms with Crippen LogP contribution in [0.15, 0.2) is 72.8 Å². The summed E-state index contributed by atoms with van der Waals surface area (Å²) in [5.74, 6) is 0. The number of unbranched alkanes of at least 4 members (excludes halogenated alkanes) is 3. The predicted octanol–water partition coefficient (Wildman–Crippen LogP) is 15.3. The quantitative estimate of drug-likeness (QED) is 0.107. The minimum Gasteiger partial charge on any atom is -0.376 e. The van der Waals surface area contributed by atoms with E-state index in [1.807, 2.05) is 0 Å². The first-order valence-corrected chi connectivity index (χ1v) is 26.2. The molecular formula is C56H73NOSi. The summed E-state index contributed by atoms with van der Waals surface area (Å²) in [4.78, 5) is 0. The zero-order valence-electron chi connectivity index (χ0n) is 39.0. The maximum Gasteiger partial charge on any atom is 0.0762 e. The fourth-order valence-electron chi connectivity index (χ4n) is 12.7. The van der Waals surface area contributed by atoms with Gasteiger partial charge in [0.15, 0.2) is 0 Å². The summed E-state index contributed by atoms with van der Waals surface area (Å²) in [5.41, 5.74) is 21.7. The fourth-order valence-corrected chi connectivity index (χ4v) is 18.5. The summed E-state index contributed by atoms with van der Waals surface area (Å²) < 4.78 is 8.73.